The summed E-state index contributed by atoms with van der Waals surface area (Å²) >= 11 is 0. The number of methoxy groups -OCH3 is 1. The summed E-state index contributed by atoms with van der Waals surface area (Å²) in [6.07, 6.45) is 9.97. The highest BCUT2D eigenvalue weighted by Gasteiger charge is 2.40. The molecule has 2 saturated carbocycles. The molecule has 3 N–H and O–H groups in total. The molecular weight excluding hydrogens is 240 g/mol. The number of nitrogens with one attached hydrogen (secondary N) is 1. The Morgan fingerprint density at radius 2 is 2.21 bits per heavy atom. The lowest BCUT2D eigenvalue weighted by Crippen LogP contribution is -2.31. The van der Waals surface area contributed by atoms with E-state index in [9.17, 15) is 0 Å². The highest BCUT2D eigenvalue weighted by atomic mass is 16.5. The van der Waals surface area contributed by atoms with E-state index in [1.54, 1.807) is 19.5 Å². The molecule has 0 saturated heterocycles. The van der Waals surface area contributed by atoms with E-state index in [4.69, 9.17) is 10.6 Å². The van der Waals surface area contributed by atoms with E-state index in [2.05, 4.69) is 15.4 Å². The van der Waals surface area contributed by atoms with Crippen LogP contribution < -0.4 is 16.0 Å². The van der Waals surface area contributed by atoms with E-state index >= 15 is 0 Å². The fourth-order valence-electron chi connectivity index (χ4n) is 3.96. The second kappa shape index (κ2) is 5.43. The zero-order chi connectivity index (χ0) is 13.2. The largest absolute Gasteiger partial charge is 0.480 e. The number of ether oxygens (including phenoxy) is 1. The minimum atomic E-state index is 0.0352. The van der Waals surface area contributed by atoms with Crippen LogP contribution in [0.2, 0.25) is 0 Å². The van der Waals surface area contributed by atoms with Crippen molar-refractivity contribution in [3.63, 3.8) is 0 Å². The van der Waals surface area contributed by atoms with Crippen LogP contribution in [-0.2, 0) is 0 Å². The first-order valence-electron chi connectivity index (χ1n) is 7.12. The summed E-state index contributed by atoms with van der Waals surface area (Å²) in [5.41, 5.74) is 3.73. The Labute approximate surface area is 113 Å². The number of aromatic nitrogens is 2. The maximum Gasteiger partial charge on any atom is 0.237 e. The van der Waals surface area contributed by atoms with Crippen molar-refractivity contribution in [3.05, 3.63) is 18.1 Å². The summed E-state index contributed by atoms with van der Waals surface area (Å²) in [7, 11) is 1.62. The van der Waals surface area contributed by atoms with Gasteiger partial charge in [-0.25, -0.2) is 4.98 Å². The van der Waals surface area contributed by atoms with Crippen LogP contribution in [-0.4, -0.2) is 17.1 Å². The van der Waals surface area contributed by atoms with E-state index in [1.165, 1.54) is 25.7 Å². The minimum absolute atomic E-state index is 0.0352. The number of hydrogen-bond donors (Lipinski definition) is 2. The Hall–Kier alpha value is -1.20. The van der Waals surface area contributed by atoms with Gasteiger partial charge in [-0.3, -0.25) is 16.3 Å². The van der Waals surface area contributed by atoms with Gasteiger partial charge in [0.15, 0.2) is 0 Å². The molecule has 2 aliphatic carbocycles. The van der Waals surface area contributed by atoms with Gasteiger partial charge >= 0.3 is 0 Å². The highest BCUT2D eigenvalue weighted by Crippen LogP contribution is 2.51. The number of nitrogens with two attached hydrogens (primary N) is 1. The molecule has 104 valence electrons. The zero-order valence-electron chi connectivity index (χ0n) is 11.4. The topological polar surface area (TPSA) is 73.1 Å². The van der Waals surface area contributed by atoms with E-state index in [1.807, 2.05) is 0 Å². The first kappa shape index (κ1) is 12.8. The molecule has 4 unspecified atom stereocenters. The molecule has 4 atom stereocenters. The van der Waals surface area contributed by atoms with Gasteiger partial charge in [0.2, 0.25) is 5.88 Å². The molecule has 19 heavy (non-hydrogen) atoms. The average Bonchev–Trinajstić information content (AvgIpc) is 3.07. The standard InChI is InChI=1S/C14H22N4O/c1-19-14-13(16-4-5-17-14)12(18-15)8-11-7-9-2-3-10(11)6-9/h4-5,9-12,18H,2-3,6-8,15H2,1H3. The lowest BCUT2D eigenvalue weighted by Gasteiger charge is -2.26. The Morgan fingerprint density at radius 3 is 2.84 bits per heavy atom. The number of rotatable bonds is 5. The summed E-state index contributed by atoms with van der Waals surface area (Å²) in [6, 6.07) is 0.0352. The molecule has 1 aromatic heterocycles. The molecule has 1 heterocycles. The lowest BCUT2D eigenvalue weighted by molar-refractivity contribution is 0.273. The molecule has 5 heteroatoms. The van der Waals surface area contributed by atoms with E-state index in [0.29, 0.717) is 5.88 Å². The molecule has 2 fully saturated rings. The van der Waals surface area contributed by atoms with Crippen molar-refractivity contribution in [2.24, 2.45) is 23.6 Å². The van der Waals surface area contributed by atoms with Gasteiger partial charge < -0.3 is 4.74 Å². The van der Waals surface area contributed by atoms with Crippen molar-refractivity contribution in [3.8, 4) is 5.88 Å². The summed E-state index contributed by atoms with van der Waals surface area (Å²) in [5, 5.41) is 0. The van der Waals surface area contributed by atoms with E-state index < -0.39 is 0 Å². The number of hydrazine groups is 1. The van der Waals surface area contributed by atoms with Gasteiger partial charge in [0.1, 0.15) is 5.69 Å². The number of fused-ring (bicyclic) bond motifs is 2. The maximum atomic E-state index is 5.73. The molecule has 0 aromatic carbocycles. The van der Waals surface area contributed by atoms with Crippen LogP contribution >= 0.6 is 0 Å². The average molecular weight is 262 g/mol. The third-order valence-electron chi connectivity index (χ3n) is 4.84. The van der Waals surface area contributed by atoms with Crippen LogP contribution in [0.1, 0.15) is 43.8 Å². The zero-order valence-corrected chi connectivity index (χ0v) is 11.4. The maximum absolute atomic E-state index is 5.73. The van der Waals surface area contributed by atoms with Gasteiger partial charge in [0, 0.05) is 12.4 Å². The molecule has 0 aliphatic heterocycles. The van der Waals surface area contributed by atoms with Gasteiger partial charge in [-0.05, 0) is 43.4 Å². The van der Waals surface area contributed by atoms with Crippen molar-refractivity contribution in [2.75, 3.05) is 7.11 Å². The fraction of sp³-hybridized carbons (Fsp3) is 0.714. The molecule has 2 aliphatic rings. The molecular formula is C14H22N4O. The van der Waals surface area contributed by atoms with Crippen molar-refractivity contribution in [1.29, 1.82) is 0 Å². The molecule has 3 rings (SSSR count). The van der Waals surface area contributed by atoms with Crippen LogP contribution in [0.15, 0.2) is 12.4 Å². The first-order valence-corrected chi connectivity index (χ1v) is 7.12. The predicted octanol–water partition coefficient (Wildman–Crippen LogP) is 1.82. The smallest absolute Gasteiger partial charge is 0.237 e. The van der Waals surface area contributed by atoms with Gasteiger partial charge in [0.05, 0.1) is 13.2 Å². The quantitative estimate of drug-likeness (QED) is 0.625. The van der Waals surface area contributed by atoms with E-state index in [0.717, 1.165) is 29.9 Å². The predicted molar refractivity (Wildman–Crippen MR) is 72.2 cm³/mol. The second-order valence-electron chi connectivity index (χ2n) is 5.84. The Morgan fingerprint density at radius 1 is 1.37 bits per heavy atom. The fourth-order valence-corrected chi connectivity index (χ4v) is 3.96. The SMILES string of the molecule is COc1nccnc1C(CC1CC2CCC1C2)NN. The van der Waals surface area contributed by atoms with Gasteiger partial charge in [-0.2, -0.15) is 0 Å². The molecule has 1 aromatic rings. The van der Waals surface area contributed by atoms with Gasteiger partial charge in [-0.1, -0.05) is 6.42 Å². The van der Waals surface area contributed by atoms with Gasteiger partial charge in [0.25, 0.3) is 0 Å². The second-order valence-corrected chi connectivity index (χ2v) is 5.84. The van der Waals surface area contributed by atoms with Crippen molar-refractivity contribution >= 4 is 0 Å². The van der Waals surface area contributed by atoms with Crippen LogP contribution in [0.25, 0.3) is 0 Å². The summed E-state index contributed by atoms with van der Waals surface area (Å²) < 4.78 is 5.29. The van der Waals surface area contributed by atoms with Gasteiger partial charge in [-0.15, -0.1) is 0 Å². The Kier molecular flexibility index (Phi) is 3.66. The molecule has 0 spiro atoms. The summed E-state index contributed by atoms with van der Waals surface area (Å²) in [4.78, 5) is 8.60. The number of nitrogens with zero attached hydrogens (tertiary/aromatic N) is 2. The summed E-state index contributed by atoms with van der Waals surface area (Å²) in [5.74, 6) is 8.93. The molecule has 5 nitrogen and oxygen atoms in total. The van der Waals surface area contributed by atoms with E-state index in [-0.39, 0.29) is 6.04 Å². The van der Waals surface area contributed by atoms with Crippen molar-refractivity contribution < 1.29 is 4.74 Å². The molecule has 2 bridgehead atoms. The van der Waals surface area contributed by atoms with Crippen molar-refractivity contribution in [1.82, 2.24) is 15.4 Å². The van der Waals surface area contributed by atoms with Crippen LogP contribution in [0.4, 0.5) is 0 Å². The third-order valence-corrected chi connectivity index (χ3v) is 4.84. The van der Waals surface area contributed by atoms with Crippen molar-refractivity contribution in [2.45, 2.75) is 38.1 Å². The summed E-state index contributed by atoms with van der Waals surface area (Å²) in [6.45, 7) is 0. The Balaban J connectivity index is 1.73. The first-order chi connectivity index (χ1) is 9.31. The van der Waals surface area contributed by atoms with Crippen LogP contribution in [0.5, 0.6) is 5.88 Å². The lowest BCUT2D eigenvalue weighted by atomic mass is 9.83. The molecule has 0 amide bonds. The third kappa shape index (κ3) is 2.44. The van der Waals surface area contributed by atoms with Crippen LogP contribution in [0, 0.1) is 17.8 Å². The highest BCUT2D eigenvalue weighted by molar-refractivity contribution is 5.21. The Bertz CT molecular complexity index is 439. The minimum Gasteiger partial charge on any atom is -0.480 e. The molecule has 0 radical (unpaired) electrons. The monoisotopic (exact) mass is 262 g/mol. The van der Waals surface area contributed by atoms with Crippen LogP contribution in [0.3, 0.4) is 0 Å². The number of hydrogen-bond acceptors (Lipinski definition) is 5. The normalized spacial score (nSPS) is 30.5.